The van der Waals surface area contributed by atoms with Crippen LogP contribution in [0.15, 0.2) is 97.1 Å². The molecule has 0 saturated heterocycles. The number of benzene rings is 4. The molecule has 0 bridgehead atoms. The Kier molecular flexibility index (Phi) is 17.0. The SMILES string of the molecule is CCC[CH2][Sn][CH2]CCC.O=[N+]([O-])c1ccc(-c2ccccc2C(O)O)cc1.O=[N+]([O-])c1ccc(-c2ccccc2C(O)O)cc1. The minimum Gasteiger partial charge on any atom is -0.364 e. The van der Waals surface area contributed by atoms with E-state index in [4.69, 9.17) is 0 Å². The molecular weight excluding hydrogens is 683 g/mol. The molecule has 0 saturated carbocycles. The van der Waals surface area contributed by atoms with Gasteiger partial charge in [-0.25, -0.2) is 0 Å². The second-order valence-corrected chi connectivity index (χ2v) is 14.3. The van der Waals surface area contributed by atoms with Crippen LogP contribution in [-0.2, 0) is 0 Å². The zero-order valence-electron chi connectivity index (χ0n) is 25.5. The molecule has 0 unspecified atom stereocenters. The molecule has 4 N–H and O–H groups in total. The standard InChI is InChI=1S/2C13H11NO4.2C4H9.Sn/c2*15-13(16)12-4-2-1-3-11(12)9-5-7-10(8-6-9)14(17)18;2*1-3-4-2;/h2*1-8,13,15-16H;2*1,3-4H2,2H3;. The first-order valence-electron chi connectivity index (χ1n) is 14.7. The van der Waals surface area contributed by atoms with Crippen LogP contribution >= 0.6 is 0 Å². The fourth-order valence-corrected chi connectivity index (χ4v) is 8.38. The fourth-order valence-electron chi connectivity index (χ4n) is 4.22. The zero-order valence-corrected chi connectivity index (χ0v) is 28.3. The first-order valence-corrected chi connectivity index (χ1v) is 18.7. The van der Waals surface area contributed by atoms with Crippen molar-refractivity contribution in [3.63, 3.8) is 0 Å². The molecule has 4 aromatic carbocycles. The minimum absolute atomic E-state index is 0.000720. The van der Waals surface area contributed by atoms with Crippen molar-refractivity contribution < 1.29 is 30.3 Å². The third kappa shape index (κ3) is 12.7. The molecule has 0 fully saturated rings. The molecule has 4 rings (SSSR count). The largest absolute Gasteiger partial charge is 0.364 e. The number of hydrogen-bond acceptors (Lipinski definition) is 8. The zero-order chi connectivity index (χ0) is 33.2. The van der Waals surface area contributed by atoms with Gasteiger partial charge < -0.3 is 20.4 Å². The fraction of sp³-hybridized carbons (Fsp3) is 0.294. The number of nitro groups is 2. The van der Waals surface area contributed by atoms with E-state index in [2.05, 4.69) is 13.8 Å². The summed E-state index contributed by atoms with van der Waals surface area (Å²) in [5.41, 5.74) is 3.41. The number of aliphatic hydroxyl groups is 4. The smallest absolute Gasteiger partial charge is 0.269 e. The van der Waals surface area contributed by atoms with Crippen molar-refractivity contribution in [2.24, 2.45) is 0 Å². The van der Waals surface area contributed by atoms with Crippen LogP contribution in [0.2, 0.25) is 8.87 Å². The molecule has 45 heavy (non-hydrogen) atoms. The Bertz CT molecular complexity index is 1350. The topological polar surface area (TPSA) is 167 Å². The van der Waals surface area contributed by atoms with Crippen LogP contribution in [-0.4, -0.2) is 51.4 Å². The van der Waals surface area contributed by atoms with Gasteiger partial charge >= 0.3 is 69.5 Å². The van der Waals surface area contributed by atoms with E-state index in [-0.39, 0.29) is 32.5 Å². The van der Waals surface area contributed by atoms with Gasteiger partial charge in [0, 0.05) is 35.4 Å². The van der Waals surface area contributed by atoms with E-state index in [1.165, 1.54) is 49.9 Å². The predicted molar refractivity (Wildman–Crippen MR) is 177 cm³/mol. The second kappa shape index (κ2) is 20.4. The van der Waals surface area contributed by atoms with E-state index in [0.29, 0.717) is 33.4 Å². The molecule has 0 aliphatic rings. The number of non-ortho nitro benzene ring substituents is 2. The molecule has 11 heteroatoms. The molecule has 0 amide bonds. The molecule has 0 aliphatic carbocycles. The molecule has 0 aliphatic heterocycles. The first-order chi connectivity index (χ1) is 21.6. The Morgan fingerprint density at radius 2 is 0.911 bits per heavy atom. The van der Waals surface area contributed by atoms with Gasteiger partial charge in [0.1, 0.15) is 0 Å². The van der Waals surface area contributed by atoms with Crippen molar-refractivity contribution >= 4 is 32.5 Å². The Morgan fingerprint density at radius 3 is 1.20 bits per heavy atom. The van der Waals surface area contributed by atoms with Crippen LogP contribution in [0, 0.1) is 20.2 Å². The Morgan fingerprint density at radius 1 is 0.578 bits per heavy atom. The predicted octanol–water partition coefficient (Wildman–Crippen LogP) is 7.62. The van der Waals surface area contributed by atoms with Gasteiger partial charge in [-0.2, -0.15) is 0 Å². The summed E-state index contributed by atoms with van der Waals surface area (Å²) < 4.78 is 3.25. The first kappa shape index (κ1) is 37.5. The molecule has 2 radical (unpaired) electrons. The van der Waals surface area contributed by atoms with E-state index in [0.717, 1.165) is 0 Å². The summed E-state index contributed by atoms with van der Waals surface area (Å²) >= 11 is 0.149. The minimum atomic E-state index is -1.57. The maximum Gasteiger partial charge on any atom is 0.269 e. The van der Waals surface area contributed by atoms with E-state index in [1.807, 2.05) is 0 Å². The van der Waals surface area contributed by atoms with Crippen LogP contribution in [0.1, 0.15) is 63.2 Å². The summed E-state index contributed by atoms with van der Waals surface area (Å²) in [4.78, 5) is 20.1. The van der Waals surface area contributed by atoms with Crippen molar-refractivity contribution in [1.29, 1.82) is 0 Å². The molecule has 0 heterocycles. The summed E-state index contributed by atoms with van der Waals surface area (Å²) in [6.07, 6.45) is 2.69. The van der Waals surface area contributed by atoms with Gasteiger partial charge in [0.15, 0.2) is 12.6 Å². The number of rotatable bonds is 12. The Balaban J connectivity index is 0.000000250. The summed E-state index contributed by atoms with van der Waals surface area (Å²) in [6, 6.07) is 25.5. The van der Waals surface area contributed by atoms with Gasteiger partial charge in [-0.3, -0.25) is 20.2 Å². The normalized spacial score (nSPS) is 10.5. The molecule has 238 valence electrons. The van der Waals surface area contributed by atoms with Crippen LogP contribution in [0.3, 0.4) is 0 Å². The quantitative estimate of drug-likeness (QED) is 0.0381. The molecule has 0 atom stereocenters. The van der Waals surface area contributed by atoms with Gasteiger partial charge in [0.05, 0.1) is 9.85 Å². The molecule has 10 nitrogen and oxygen atoms in total. The third-order valence-corrected chi connectivity index (χ3v) is 10.7. The van der Waals surface area contributed by atoms with Gasteiger partial charge in [0.25, 0.3) is 11.4 Å². The molecule has 0 aromatic heterocycles. The van der Waals surface area contributed by atoms with E-state index >= 15 is 0 Å². The van der Waals surface area contributed by atoms with Gasteiger partial charge in [-0.1, -0.05) is 48.5 Å². The van der Waals surface area contributed by atoms with Gasteiger partial charge in [-0.15, -0.1) is 0 Å². The summed E-state index contributed by atoms with van der Waals surface area (Å²) in [5.74, 6) is 0. The number of hydrogen-bond donors (Lipinski definition) is 4. The molecule has 0 spiro atoms. The van der Waals surface area contributed by atoms with Crippen molar-refractivity contribution in [3.05, 3.63) is 128 Å². The van der Waals surface area contributed by atoms with Crippen molar-refractivity contribution in [3.8, 4) is 22.3 Å². The van der Waals surface area contributed by atoms with Crippen molar-refractivity contribution in [2.75, 3.05) is 0 Å². The monoisotopic (exact) mass is 724 g/mol. The van der Waals surface area contributed by atoms with Crippen LogP contribution < -0.4 is 0 Å². The molecule has 4 aromatic rings. The van der Waals surface area contributed by atoms with E-state index in [9.17, 15) is 40.7 Å². The van der Waals surface area contributed by atoms with Crippen LogP contribution in [0.25, 0.3) is 22.3 Å². The van der Waals surface area contributed by atoms with Crippen molar-refractivity contribution in [2.45, 2.75) is 61.0 Å². The Hall–Kier alpha value is -3.68. The summed E-state index contributed by atoms with van der Waals surface area (Å²) in [6.45, 7) is 4.58. The van der Waals surface area contributed by atoms with E-state index < -0.39 is 22.4 Å². The van der Waals surface area contributed by atoms with Crippen LogP contribution in [0.5, 0.6) is 0 Å². The van der Waals surface area contributed by atoms with Crippen molar-refractivity contribution in [1.82, 2.24) is 0 Å². The maximum absolute atomic E-state index is 10.5. The number of nitrogens with zero attached hydrogens (tertiary/aromatic N) is 2. The number of nitro benzene ring substituents is 2. The summed E-state index contributed by atoms with van der Waals surface area (Å²) in [7, 11) is 0. The molecular formula is C34H40N2O8Sn. The Labute approximate surface area is 273 Å². The summed E-state index contributed by atoms with van der Waals surface area (Å²) in [5, 5.41) is 58.1. The van der Waals surface area contributed by atoms with E-state index in [1.54, 1.807) is 81.7 Å². The number of aliphatic hydroxyl groups excluding tert-OH is 2. The number of unbranched alkanes of at least 4 members (excludes halogenated alkanes) is 2. The average Bonchev–Trinajstić information content (AvgIpc) is 3.05. The van der Waals surface area contributed by atoms with Crippen LogP contribution in [0.4, 0.5) is 11.4 Å². The second-order valence-electron chi connectivity index (χ2n) is 9.99. The maximum atomic E-state index is 10.5. The van der Waals surface area contributed by atoms with Gasteiger partial charge in [-0.05, 0) is 46.5 Å². The third-order valence-electron chi connectivity index (χ3n) is 6.67. The van der Waals surface area contributed by atoms with Gasteiger partial charge in [0.2, 0.25) is 0 Å². The average molecular weight is 723 g/mol.